The summed E-state index contributed by atoms with van der Waals surface area (Å²) in [5, 5.41) is 9.23. The van der Waals surface area contributed by atoms with Gasteiger partial charge in [-0.2, -0.15) is 0 Å². The second-order valence-electron chi connectivity index (χ2n) is 9.63. The Morgan fingerprint density at radius 1 is 1.03 bits per heavy atom. The van der Waals surface area contributed by atoms with Crippen molar-refractivity contribution in [2.75, 3.05) is 23.7 Å². The zero-order chi connectivity index (χ0) is 23.6. The van der Waals surface area contributed by atoms with E-state index in [2.05, 4.69) is 0 Å². The monoisotopic (exact) mass is 435 g/mol. The maximum atomic E-state index is 13.0. The fraction of sp³-hybridized carbons (Fsp3) is 0.591. The molecule has 172 valence electrons. The van der Waals surface area contributed by atoms with Crippen molar-refractivity contribution in [2.45, 2.75) is 71.6 Å². The molecule has 0 aromatic heterocycles. The third-order valence-corrected chi connectivity index (χ3v) is 4.62. The number of carboxylic acids is 1. The molecule has 0 atom stereocenters. The highest BCUT2D eigenvalue weighted by Gasteiger charge is 2.34. The van der Waals surface area contributed by atoms with Crippen LogP contribution in [0.2, 0.25) is 0 Å². The highest BCUT2D eigenvalue weighted by atomic mass is 16.6. The number of piperidine rings is 1. The summed E-state index contributed by atoms with van der Waals surface area (Å²) in [6.07, 6.45) is 0.0912. The first-order valence-corrected chi connectivity index (χ1v) is 10.3. The molecule has 0 aliphatic carbocycles. The number of nitrogens with zero attached hydrogens (tertiary/aromatic N) is 2. The number of anilines is 2. The van der Waals surface area contributed by atoms with Crippen molar-refractivity contribution in [1.29, 1.82) is 0 Å². The molecule has 9 nitrogen and oxygen atoms in total. The minimum atomic E-state index is -1.14. The molecule has 0 spiro atoms. The molecular weight excluding hydrogens is 402 g/mol. The summed E-state index contributed by atoms with van der Waals surface area (Å²) in [6.45, 7) is 11.6. The predicted molar refractivity (Wildman–Crippen MR) is 117 cm³/mol. The van der Waals surface area contributed by atoms with Crippen molar-refractivity contribution in [3.8, 4) is 0 Å². The molecule has 0 radical (unpaired) electrons. The highest BCUT2D eigenvalue weighted by Crippen LogP contribution is 2.29. The van der Waals surface area contributed by atoms with Gasteiger partial charge < -0.3 is 25.2 Å². The lowest BCUT2D eigenvalue weighted by Crippen LogP contribution is -2.51. The maximum absolute atomic E-state index is 13.0. The standard InChI is InChI=1S/C22H33N3O6/c1-21(2,3)30-19(28)24-11-9-14(10-12-24)25(20(29)31-22(4,5)6)15-7-8-16(18(26)27)17(23)13-15/h7-8,13-14H,9-12,23H2,1-6H3,(H,26,27). The highest BCUT2D eigenvalue weighted by molar-refractivity contribution is 5.96. The molecule has 1 saturated heterocycles. The first-order valence-electron chi connectivity index (χ1n) is 10.3. The Hall–Kier alpha value is -2.97. The van der Waals surface area contributed by atoms with Gasteiger partial charge in [0, 0.05) is 30.5 Å². The van der Waals surface area contributed by atoms with E-state index in [1.807, 2.05) is 20.8 Å². The molecule has 9 heteroatoms. The molecule has 31 heavy (non-hydrogen) atoms. The Morgan fingerprint density at radius 2 is 1.58 bits per heavy atom. The van der Waals surface area contributed by atoms with E-state index in [-0.39, 0.29) is 23.4 Å². The van der Waals surface area contributed by atoms with Crippen molar-refractivity contribution in [1.82, 2.24) is 4.90 Å². The van der Waals surface area contributed by atoms with Gasteiger partial charge in [-0.15, -0.1) is 0 Å². The van der Waals surface area contributed by atoms with Crippen LogP contribution in [0.25, 0.3) is 0 Å². The molecule has 2 amide bonds. The summed E-state index contributed by atoms with van der Waals surface area (Å²) in [5.74, 6) is -1.14. The van der Waals surface area contributed by atoms with Gasteiger partial charge >= 0.3 is 18.2 Å². The maximum Gasteiger partial charge on any atom is 0.415 e. The molecule has 0 bridgehead atoms. The van der Waals surface area contributed by atoms with E-state index >= 15 is 0 Å². The second-order valence-corrected chi connectivity index (χ2v) is 9.63. The number of carbonyl (C=O) groups is 3. The lowest BCUT2D eigenvalue weighted by Gasteiger charge is -2.39. The number of hydrogen-bond donors (Lipinski definition) is 2. The molecule has 1 aromatic rings. The Morgan fingerprint density at radius 3 is 2.03 bits per heavy atom. The van der Waals surface area contributed by atoms with Crippen LogP contribution in [0.5, 0.6) is 0 Å². The molecule has 1 aliphatic rings. The number of nitrogens with two attached hydrogens (primary N) is 1. The van der Waals surface area contributed by atoms with E-state index in [1.165, 1.54) is 17.0 Å². The minimum Gasteiger partial charge on any atom is -0.478 e. The van der Waals surface area contributed by atoms with E-state index in [9.17, 15) is 19.5 Å². The topological polar surface area (TPSA) is 122 Å². The summed E-state index contributed by atoms with van der Waals surface area (Å²) in [7, 11) is 0. The zero-order valence-corrected chi connectivity index (χ0v) is 19.1. The van der Waals surface area contributed by atoms with E-state index in [0.29, 0.717) is 31.6 Å². The first-order chi connectivity index (χ1) is 14.2. The third-order valence-electron chi connectivity index (χ3n) is 4.62. The van der Waals surface area contributed by atoms with Crippen LogP contribution in [-0.2, 0) is 9.47 Å². The van der Waals surface area contributed by atoms with Gasteiger partial charge in [-0.25, -0.2) is 14.4 Å². The number of likely N-dealkylation sites (tertiary alicyclic amines) is 1. The lowest BCUT2D eigenvalue weighted by atomic mass is 10.0. The average molecular weight is 436 g/mol. The molecule has 1 fully saturated rings. The number of amides is 2. The number of aromatic carboxylic acids is 1. The second kappa shape index (κ2) is 9.03. The summed E-state index contributed by atoms with van der Waals surface area (Å²) < 4.78 is 11.0. The molecule has 0 saturated carbocycles. The van der Waals surface area contributed by atoms with Gasteiger partial charge in [0.25, 0.3) is 0 Å². The molecular formula is C22H33N3O6. The van der Waals surface area contributed by atoms with E-state index in [4.69, 9.17) is 15.2 Å². The number of carbonyl (C=O) groups excluding carboxylic acids is 2. The van der Waals surface area contributed by atoms with Crippen LogP contribution >= 0.6 is 0 Å². The predicted octanol–water partition coefficient (Wildman–Crippen LogP) is 4.11. The Labute approximate surface area is 183 Å². The van der Waals surface area contributed by atoms with Crippen molar-refractivity contribution in [3.63, 3.8) is 0 Å². The Kier molecular flexibility index (Phi) is 7.08. The molecule has 1 aliphatic heterocycles. The van der Waals surface area contributed by atoms with Crippen LogP contribution in [0, 0.1) is 0 Å². The van der Waals surface area contributed by atoms with Crippen molar-refractivity contribution >= 4 is 29.5 Å². The number of rotatable bonds is 3. The molecule has 2 rings (SSSR count). The number of ether oxygens (including phenoxy) is 2. The van der Waals surface area contributed by atoms with Crippen LogP contribution in [0.3, 0.4) is 0 Å². The largest absolute Gasteiger partial charge is 0.478 e. The van der Waals surface area contributed by atoms with Crippen LogP contribution in [0.4, 0.5) is 21.0 Å². The van der Waals surface area contributed by atoms with Crippen molar-refractivity contribution in [3.05, 3.63) is 23.8 Å². The number of benzene rings is 1. The third kappa shape index (κ3) is 6.77. The molecule has 1 aromatic carbocycles. The summed E-state index contributed by atoms with van der Waals surface area (Å²) in [4.78, 5) is 39.8. The first kappa shape index (κ1) is 24.3. The van der Waals surface area contributed by atoms with Gasteiger partial charge in [-0.05, 0) is 72.6 Å². The summed E-state index contributed by atoms with van der Waals surface area (Å²) in [5.41, 5.74) is 5.09. The summed E-state index contributed by atoms with van der Waals surface area (Å²) in [6, 6.07) is 4.14. The zero-order valence-electron chi connectivity index (χ0n) is 19.1. The molecule has 3 N–H and O–H groups in total. The SMILES string of the molecule is CC(C)(C)OC(=O)N1CCC(N(C(=O)OC(C)(C)C)c2ccc(C(=O)O)c(N)c2)CC1. The van der Waals surface area contributed by atoms with Gasteiger partial charge in [-0.1, -0.05) is 0 Å². The number of nitrogen functional groups attached to an aromatic ring is 1. The van der Waals surface area contributed by atoms with Gasteiger partial charge in [0.2, 0.25) is 0 Å². The normalized spacial score (nSPS) is 15.4. The van der Waals surface area contributed by atoms with Gasteiger partial charge in [-0.3, -0.25) is 4.90 Å². The molecule has 0 unspecified atom stereocenters. The smallest absolute Gasteiger partial charge is 0.415 e. The van der Waals surface area contributed by atoms with Gasteiger partial charge in [0.1, 0.15) is 11.2 Å². The Bertz CT molecular complexity index is 833. The molecule has 1 heterocycles. The number of carboxylic acid groups (broad SMARTS) is 1. The number of hydrogen-bond acceptors (Lipinski definition) is 6. The summed E-state index contributed by atoms with van der Waals surface area (Å²) >= 11 is 0. The van der Waals surface area contributed by atoms with E-state index in [1.54, 1.807) is 31.7 Å². The van der Waals surface area contributed by atoms with E-state index in [0.717, 1.165) is 0 Å². The lowest BCUT2D eigenvalue weighted by molar-refractivity contribution is 0.0200. The fourth-order valence-electron chi connectivity index (χ4n) is 3.30. The average Bonchev–Trinajstić information content (AvgIpc) is 2.59. The fourth-order valence-corrected chi connectivity index (χ4v) is 3.30. The van der Waals surface area contributed by atoms with Crippen LogP contribution < -0.4 is 10.6 Å². The van der Waals surface area contributed by atoms with Crippen LogP contribution in [-0.4, -0.2) is 58.5 Å². The van der Waals surface area contributed by atoms with Gasteiger partial charge in [0.15, 0.2) is 0 Å². The minimum absolute atomic E-state index is 0.0346. The van der Waals surface area contributed by atoms with E-state index < -0.39 is 23.3 Å². The van der Waals surface area contributed by atoms with Crippen LogP contribution in [0.1, 0.15) is 64.7 Å². The van der Waals surface area contributed by atoms with Gasteiger partial charge in [0.05, 0.1) is 5.56 Å². The Balaban J connectivity index is 2.25. The quantitative estimate of drug-likeness (QED) is 0.685. The van der Waals surface area contributed by atoms with Crippen LogP contribution in [0.15, 0.2) is 18.2 Å². The van der Waals surface area contributed by atoms with Crippen molar-refractivity contribution in [2.24, 2.45) is 0 Å². The van der Waals surface area contributed by atoms with Crippen molar-refractivity contribution < 1.29 is 29.0 Å².